The summed E-state index contributed by atoms with van der Waals surface area (Å²) in [5.74, 6) is -1.18. The van der Waals surface area contributed by atoms with E-state index in [1.807, 2.05) is 0 Å². The first-order chi connectivity index (χ1) is 9.83. The second kappa shape index (κ2) is 7.51. The van der Waals surface area contributed by atoms with Crippen molar-refractivity contribution in [1.82, 2.24) is 10.6 Å². The number of hydrogen-bond donors (Lipinski definition) is 2. The average Bonchev–Trinajstić information content (AvgIpc) is 2.42. The number of carbonyl (C=O) groups excluding carboxylic acids is 2. The molecule has 0 spiro atoms. The van der Waals surface area contributed by atoms with Crippen molar-refractivity contribution in [2.45, 2.75) is 13.1 Å². The number of ether oxygens (including phenoxy) is 1. The van der Waals surface area contributed by atoms with Gasteiger partial charge in [-0.25, -0.2) is 0 Å². The van der Waals surface area contributed by atoms with E-state index in [-0.39, 0.29) is 5.56 Å². The van der Waals surface area contributed by atoms with E-state index in [0.29, 0.717) is 12.4 Å². The Morgan fingerprint density at radius 3 is 2.48 bits per heavy atom. The number of carbonyl (C=O) groups is 2. The lowest BCUT2D eigenvalue weighted by Gasteiger charge is -2.11. The lowest BCUT2D eigenvalue weighted by molar-refractivity contribution is -0.137. The summed E-state index contributed by atoms with van der Waals surface area (Å²) in [6.45, 7) is 0.127. The highest BCUT2D eigenvalue weighted by Crippen LogP contribution is 2.17. The SMILES string of the molecule is CCOc1ccccc1C(=O)NCC(=O)NCC(F)(F)F. The first-order valence-electron chi connectivity index (χ1n) is 6.17. The van der Waals surface area contributed by atoms with Gasteiger partial charge in [0.25, 0.3) is 5.91 Å². The Morgan fingerprint density at radius 1 is 1.19 bits per heavy atom. The van der Waals surface area contributed by atoms with Crippen molar-refractivity contribution in [2.75, 3.05) is 19.7 Å². The Balaban J connectivity index is 2.52. The van der Waals surface area contributed by atoms with Crippen molar-refractivity contribution in [1.29, 1.82) is 0 Å². The molecule has 0 fully saturated rings. The second-order valence-electron chi connectivity index (χ2n) is 4.00. The normalized spacial score (nSPS) is 10.9. The van der Waals surface area contributed by atoms with Crippen LogP contribution in [0.1, 0.15) is 17.3 Å². The summed E-state index contributed by atoms with van der Waals surface area (Å²) in [4.78, 5) is 23.0. The Kier molecular flexibility index (Phi) is 6.01. The molecule has 0 saturated heterocycles. The van der Waals surface area contributed by atoms with Gasteiger partial charge in [0.05, 0.1) is 18.7 Å². The van der Waals surface area contributed by atoms with E-state index in [1.165, 1.54) is 6.07 Å². The van der Waals surface area contributed by atoms with Crippen LogP contribution in [0.2, 0.25) is 0 Å². The Labute approximate surface area is 119 Å². The summed E-state index contributed by atoms with van der Waals surface area (Å²) in [6.07, 6.45) is -4.48. The van der Waals surface area contributed by atoms with Gasteiger partial charge in [0.1, 0.15) is 12.3 Å². The van der Waals surface area contributed by atoms with Gasteiger partial charge in [0.2, 0.25) is 5.91 Å². The molecule has 5 nitrogen and oxygen atoms in total. The Morgan fingerprint density at radius 2 is 1.86 bits per heavy atom. The molecule has 0 heterocycles. The molecule has 0 aliphatic heterocycles. The first-order valence-corrected chi connectivity index (χ1v) is 6.17. The minimum atomic E-state index is -4.48. The van der Waals surface area contributed by atoms with Crippen molar-refractivity contribution in [2.24, 2.45) is 0 Å². The van der Waals surface area contributed by atoms with Crippen LogP contribution in [0.25, 0.3) is 0 Å². The van der Waals surface area contributed by atoms with Gasteiger partial charge in [-0.3, -0.25) is 9.59 Å². The lowest BCUT2D eigenvalue weighted by Crippen LogP contribution is -2.40. The van der Waals surface area contributed by atoms with Crippen LogP contribution < -0.4 is 15.4 Å². The molecule has 2 amide bonds. The number of nitrogens with one attached hydrogen (secondary N) is 2. The zero-order chi connectivity index (χ0) is 15.9. The number of para-hydroxylation sites is 1. The minimum absolute atomic E-state index is 0.211. The van der Waals surface area contributed by atoms with Crippen molar-refractivity contribution in [3.05, 3.63) is 29.8 Å². The molecule has 0 aromatic heterocycles. The highest BCUT2D eigenvalue weighted by molar-refractivity contribution is 5.98. The highest BCUT2D eigenvalue weighted by atomic mass is 19.4. The maximum Gasteiger partial charge on any atom is 0.405 e. The maximum absolute atomic E-state index is 11.9. The predicted molar refractivity (Wildman–Crippen MR) is 69.0 cm³/mol. The summed E-state index contributed by atoms with van der Waals surface area (Å²) in [5, 5.41) is 3.89. The average molecular weight is 304 g/mol. The fraction of sp³-hybridized carbons (Fsp3) is 0.385. The number of benzene rings is 1. The van der Waals surface area contributed by atoms with Crippen LogP contribution in [-0.4, -0.2) is 37.7 Å². The van der Waals surface area contributed by atoms with E-state index in [1.54, 1.807) is 30.4 Å². The Bertz CT molecular complexity index is 504. The van der Waals surface area contributed by atoms with Crippen LogP contribution in [0.4, 0.5) is 13.2 Å². The molecule has 0 radical (unpaired) electrons. The number of alkyl halides is 3. The molecule has 1 rings (SSSR count). The molecule has 0 aliphatic carbocycles. The van der Waals surface area contributed by atoms with Crippen molar-refractivity contribution < 1.29 is 27.5 Å². The molecule has 0 atom stereocenters. The fourth-order valence-electron chi connectivity index (χ4n) is 1.45. The van der Waals surface area contributed by atoms with Gasteiger partial charge >= 0.3 is 6.18 Å². The van der Waals surface area contributed by atoms with Crippen LogP contribution in [0, 0.1) is 0 Å². The molecule has 1 aromatic rings. The topological polar surface area (TPSA) is 67.4 Å². The lowest BCUT2D eigenvalue weighted by atomic mass is 10.2. The molecular formula is C13H15F3N2O3. The zero-order valence-electron chi connectivity index (χ0n) is 11.3. The zero-order valence-corrected chi connectivity index (χ0v) is 11.3. The monoisotopic (exact) mass is 304 g/mol. The van der Waals surface area contributed by atoms with Gasteiger partial charge in [0.15, 0.2) is 0 Å². The van der Waals surface area contributed by atoms with Gasteiger partial charge in [0, 0.05) is 0 Å². The first kappa shape index (κ1) is 16.8. The molecule has 0 bridgehead atoms. The molecule has 116 valence electrons. The molecule has 8 heteroatoms. The molecular weight excluding hydrogens is 289 g/mol. The van der Waals surface area contributed by atoms with Crippen LogP contribution in [0.15, 0.2) is 24.3 Å². The van der Waals surface area contributed by atoms with Crippen molar-refractivity contribution in [3.63, 3.8) is 0 Å². The third-order valence-corrected chi connectivity index (χ3v) is 2.33. The molecule has 1 aromatic carbocycles. The van der Waals surface area contributed by atoms with Gasteiger partial charge in [-0.1, -0.05) is 12.1 Å². The van der Waals surface area contributed by atoms with E-state index in [9.17, 15) is 22.8 Å². The van der Waals surface area contributed by atoms with Crippen molar-refractivity contribution in [3.8, 4) is 5.75 Å². The van der Waals surface area contributed by atoms with Gasteiger partial charge in [-0.05, 0) is 19.1 Å². The van der Waals surface area contributed by atoms with Crippen LogP contribution in [0.3, 0.4) is 0 Å². The quantitative estimate of drug-likeness (QED) is 0.837. The number of halogens is 3. The Hall–Kier alpha value is -2.25. The summed E-state index contributed by atoms with van der Waals surface area (Å²) < 4.78 is 40.9. The van der Waals surface area contributed by atoms with E-state index < -0.39 is 31.1 Å². The van der Waals surface area contributed by atoms with Gasteiger partial charge in [-0.15, -0.1) is 0 Å². The van der Waals surface area contributed by atoms with E-state index in [0.717, 1.165) is 0 Å². The highest BCUT2D eigenvalue weighted by Gasteiger charge is 2.27. The number of hydrogen-bond acceptors (Lipinski definition) is 3. The standard InChI is InChI=1S/C13H15F3N2O3/c1-2-21-10-6-4-3-5-9(10)12(20)17-7-11(19)18-8-13(14,15)16/h3-6H,2,7-8H2,1H3,(H,17,20)(H,18,19). The third kappa shape index (κ3) is 6.15. The maximum atomic E-state index is 11.9. The van der Waals surface area contributed by atoms with Gasteiger partial charge in [-0.2, -0.15) is 13.2 Å². The molecule has 21 heavy (non-hydrogen) atoms. The molecule has 2 N–H and O–H groups in total. The van der Waals surface area contributed by atoms with Crippen LogP contribution in [0.5, 0.6) is 5.75 Å². The second-order valence-corrected chi connectivity index (χ2v) is 4.00. The van der Waals surface area contributed by atoms with E-state index in [4.69, 9.17) is 4.74 Å². The van der Waals surface area contributed by atoms with Crippen LogP contribution >= 0.6 is 0 Å². The number of amides is 2. The fourth-order valence-corrected chi connectivity index (χ4v) is 1.45. The van der Waals surface area contributed by atoms with Crippen LogP contribution in [-0.2, 0) is 4.79 Å². The van der Waals surface area contributed by atoms with Gasteiger partial charge < -0.3 is 15.4 Å². The smallest absolute Gasteiger partial charge is 0.405 e. The molecule has 0 aliphatic rings. The molecule has 0 unspecified atom stereocenters. The largest absolute Gasteiger partial charge is 0.493 e. The van der Waals surface area contributed by atoms with E-state index >= 15 is 0 Å². The summed E-state index contributed by atoms with van der Waals surface area (Å²) in [7, 11) is 0. The summed E-state index contributed by atoms with van der Waals surface area (Å²) in [6, 6.07) is 6.37. The van der Waals surface area contributed by atoms with Crippen molar-refractivity contribution >= 4 is 11.8 Å². The third-order valence-electron chi connectivity index (χ3n) is 2.33. The predicted octanol–water partition coefficient (Wildman–Crippen LogP) is 1.49. The number of rotatable bonds is 6. The summed E-state index contributed by atoms with van der Waals surface area (Å²) >= 11 is 0. The minimum Gasteiger partial charge on any atom is -0.493 e. The van der Waals surface area contributed by atoms with E-state index in [2.05, 4.69) is 5.32 Å². The molecule has 0 saturated carbocycles. The summed E-state index contributed by atoms with van der Waals surface area (Å²) in [5.41, 5.74) is 0.211.